The van der Waals surface area contributed by atoms with Crippen LogP contribution in [-0.2, 0) is 4.74 Å². The van der Waals surface area contributed by atoms with Crippen molar-refractivity contribution in [2.45, 2.75) is 13.0 Å². The molecular weight excluding hydrogens is 234 g/mol. The van der Waals surface area contributed by atoms with Crippen LogP contribution in [0.25, 0.3) is 0 Å². The molecule has 94 valence electrons. The third-order valence-corrected chi connectivity index (χ3v) is 2.41. The first-order valence-corrected chi connectivity index (χ1v) is 5.37. The molecule has 7 heteroatoms. The van der Waals surface area contributed by atoms with Crippen molar-refractivity contribution in [2.75, 3.05) is 12.4 Å². The molecule has 7 nitrogen and oxygen atoms in total. The van der Waals surface area contributed by atoms with Gasteiger partial charge in [-0.15, -0.1) is 0 Å². The largest absolute Gasteiger partial charge is 0.465 e. The molecule has 0 aliphatic heterocycles. The molecule has 0 amide bonds. The van der Waals surface area contributed by atoms with Gasteiger partial charge in [0.05, 0.1) is 13.2 Å². The number of nitrogens with one attached hydrogen (secondary N) is 2. The Morgan fingerprint density at radius 2 is 2.33 bits per heavy atom. The standard InChI is InChI=1S/C11H13N5O2/c1-7(9-13-6-14-16-9)15-10-8(11(17)18-2)4-3-5-12-10/h3-7H,1-2H3,(H,12,15)(H,13,14,16). The van der Waals surface area contributed by atoms with E-state index in [9.17, 15) is 4.79 Å². The first-order valence-electron chi connectivity index (χ1n) is 5.37. The van der Waals surface area contributed by atoms with E-state index in [4.69, 9.17) is 4.74 Å². The molecule has 0 saturated carbocycles. The van der Waals surface area contributed by atoms with Crippen molar-refractivity contribution in [3.63, 3.8) is 0 Å². The van der Waals surface area contributed by atoms with Gasteiger partial charge in [-0.3, -0.25) is 5.10 Å². The predicted molar refractivity (Wildman–Crippen MR) is 64.0 cm³/mol. The van der Waals surface area contributed by atoms with E-state index >= 15 is 0 Å². The van der Waals surface area contributed by atoms with Crippen LogP contribution in [-0.4, -0.2) is 33.2 Å². The van der Waals surface area contributed by atoms with Gasteiger partial charge in [0.2, 0.25) is 0 Å². The van der Waals surface area contributed by atoms with Crippen LogP contribution in [0.3, 0.4) is 0 Å². The summed E-state index contributed by atoms with van der Waals surface area (Å²) in [4.78, 5) is 19.7. The zero-order valence-corrected chi connectivity index (χ0v) is 10.0. The highest BCUT2D eigenvalue weighted by atomic mass is 16.5. The molecule has 1 atom stereocenters. The van der Waals surface area contributed by atoms with Gasteiger partial charge in [0.25, 0.3) is 0 Å². The Balaban J connectivity index is 2.21. The van der Waals surface area contributed by atoms with Crippen molar-refractivity contribution < 1.29 is 9.53 Å². The molecule has 0 aliphatic rings. The average molecular weight is 247 g/mol. The first kappa shape index (κ1) is 12.0. The smallest absolute Gasteiger partial charge is 0.341 e. The molecule has 18 heavy (non-hydrogen) atoms. The lowest BCUT2D eigenvalue weighted by Crippen LogP contribution is -2.14. The van der Waals surface area contributed by atoms with Crippen LogP contribution < -0.4 is 5.32 Å². The van der Waals surface area contributed by atoms with Gasteiger partial charge in [0.15, 0.2) is 0 Å². The molecular formula is C11H13N5O2. The Bertz CT molecular complexity index is 526. The highest BCUT2D eigenvalue weighted by Crippen LogP contribution is 2.18. The Hall–Kier alpha value is -2.44. The normalized spacial score (nSPS) is 11.9. The molecule has 2 heterocycles. The van der Waals surface area contributed by atoms with E-state index in [-0.39, 0.29) is 6.04 Å². The van der Waals surface area contributed by atoms with E-state index in [0.717, 1.165) is 0 Å². The summed E-state index contributed by atoms with van der Waals surface area (Å²) in [5.74, 6) is 0.681. The number of pyridine rings is 1. The van der Waals surface area contributed by atoms with E-state index < -0.39 is 5.97 Å². The van der Waals surface area contributed by atoms with Crippen LogP contribution in [0, 0.1) is 0 Å². The number of ether oxygens (including phenoxy) is 1. The first-order chi connectivity index (χ1) is 8.72. The summed E-state index contributed by atoms with van der Waals surface area (Å²) in [6.07, 6.45) is 3.02. The third-order valence-electron chi connectivity index (χ3n) is 2.41. The summed E-state index contributed by atoms with van der Waals surface area (Å²) in [5.41, 5.74) is 0.381. The van der Waals surface area contributed by atoms with E-state index in [2.05, 4.69) is 25.5 Å². The maximum atomic E-state index is 11.6. The molecule has 1 unspecified atom stereocenters. The van der Waals surface area contributed by atoms with E-state index in [0.29, 0.717) is 17.2 Å². The summed E-state index contributed by atoms with van der Waals surface area (Å²) in [6.45, 7) is 1.89. The maximum Gasteiger partial charge on any atom is 0.341 e. The Morgan fingerprint density at radius 3 is 3.00 bits per heavy atom. The van der Waals surface area contributed by atoms with Gasteiger partial charge < -0.3 is 10.1 Å². The second kappa shape index (κ2) is 5.26. The number of methoxy groups -OCH3 is 1. The van der Waals surface area contributed by atoms with Gasteiger partial charge in [0, 0.05) is 6.20 Å². The second-order valence-corrected chi connectivity index (χ2v) is 3.63. The summed E-state index contributed by atoms with van der Waals surface area (Å²) < 4.78 is 4.69. The van der Waals surface area contributed by atoms with Crippen LogP contribution in [0.1, 0.15) is 29.1 Å². The number of aromatic nitrogens is 4. The lowest BCUT2D eigenvalue weighted by atomic mass is 10.2. The highest BCUT2D eigenvalue weighted by molar-refractivity contribution is 5.94. The fraction of sp³-hybridized carbons (Fsp3) is 0.273. The molecule has 0 aromatic carbocycles. The minimum atomic E-state index is -0.435. The van der Waals surface area contributed by atoms with Crippen molar-refractivity contribution in [3.05, 3.63) is 36.0 Å². The van der Waals surface area contributed by atoms with Crippen molar-refractivity contribution in [2.24, 2.45) is 0 Å². The van der Waals surface area contributed by atoms with Crippen LogP contribution in [0.4, 0.5) is 5.82 Å². The number of H-pyrrole nitrogens is 1. The van der Waals surface area contributed by atoms with Gasteiger partial charge in [-0.2, -0.15) is 5.10 Å². The zero-order chi connectivity index (χ0) is 13.0. The summed E-state index contributed by atoms with van der Waals surface area (Å²) in [5, 5.41) is 9.61. The minimum absolute atomic E-state index is 0.147. The fourth-order valence-electron chi connectivity index (χ4n) is 1.49. The topological polar surface area (TPSA) is 92.8 Å². The lowest BCUT2D eigenvalue weighted by Gasteiger charge is -2.13. The SMILES string of the molecule is COC(=O)c1cccnc1NC(C)c1ncn[nH]1. The summed E-state index contributed by atoms with van der Waals surface area (Å²) in [6, 6.07) is 3.18. The Morgan fingerprint density at radius 1 is 1.50 bits per heavy atom. The third kappa shape index (κ3) is 2.45. The zero-order valence-electron chi connectivity index (χ0n) is 10.0. The number of hydrogen-bond donors (Lipinski definition) is 2. The second-order valence-electron chi connectivity index (χ2n) is 3.63. The molecule has 0 radical (unpaired) electrons. The molecule has 0 aliphatic carbocycles. The van der Waals surface area contributed by atoms with E-state index in [1.54, 1.807) is 18.3 Å². The van der Waals surface area contributed by atoms with Crippen molar-refractivity contribution >= 4 is 11.8 Å². The average Bonchev–Trinajstić information content (AvgIpc) is 2.92. The number of anilines is 1. The molecule has 2 N–H and O–H groups in total. The highest BCUT2D eigenvalue weighted by Gasteiger charge is 2.16. The number of hydrogen-bond acceptors (Lipinski definition) is 6. The van der Waals surface area contributed by atoms with E-state index in [1.165, 1.54) is 13.4 Å². The molecule has 0 saturated heterocycles. The van der Waals surface area contributed by atoms with Crippen molar-refractivity contribution in [1.82, 2.24) is 20.2 Å². The molecule has 0 spiro atoms. The Kier molecular flexibility index (Phi) is 3.52. The predicted octanol–water partition coefficient (Wildman–Crippen LogP) is 1.16. The lowest BCUT2D eigenvalue weighted by molar-refractivity contribution is 0.0601. The number of rotatable bonds is 4. The Labute approximate surface area is 104 Å². The van der Waals surface area contributed by atoms with Gasteiger partial charge in [0.1, 0.15) is 23.5 Å². The molecule has 2 aromatic rings. The van der Waals surface area contributed by atoms with Gasteiger partial charge in [-0.1, -0.05) is 0 Å². The summed E-state index contributed by atoms with van der Waals surface area (Å²) in [7, 11) is 1.33. The van der Waals surface area contributed by atoms with Crippen LogP contribution in [0.2, 0.25) is 0 Å². The van der Waals surface area contributed by atoms with Gasteiger partial charge >= 0.3 is 5.97 Å². The van der Waals surface area contributed by atoms with E-state index in [1.807, 2.05) is 6.92 Å². The van der Waals surface area contributed by atoms with Crippen LogP contribution >= 0.6 is 0 Å². The monoisotopic (exact) mass is 247 g/mol. The molecule has 2 rings (SSSR count). The van der Waals surface area contributed by atoms with Crippen LogP contribution in [0.5, 0.6) is 0 Å². The van der Waals surface area contributed by atoms with Gasteiger partial charge in [-0.25, -0.2) is 14.8 Å². The number of carbonyl (C=O) groups excluding carboxylic acids is 1. The number of aromatic amines is 1. The van der Waals surface area contributed by atoms with Crippen LogP contribution in [0.15, 0.2) is 24.7 Å². The summed E-state index contributed by atoms with van der Waals surface area (Å²) >= 11 is 0. The number of esters is 1. The molecule has 2 aromatic heterocycles. The van der Waals surface area contributed by atoms with Crippen molar-refractivity contribution in [1.29, 1.82) is 0 Å². The van der Waals surface area contributed by atoms with Gasteiger partial charge in [-0.05, 0) is 19.1 Å². The quantitative estimate of drug-likeness (QED) is 0.787. The fourth-order valence-corrected chi connectivity index (χ4v) is 1.49. The van der Waals surface area contributed by atoms with Crippen molar-refractivity contribution in [3.8, 4) is 0 Å². The minimum Gasteiger partial charge on any atom is -0.465 e. The molecule has 0 bridgehead atoms. The maximum absolute atomic E-state index is 11.6. The number of carbonyl (C=O) groups is 1. The molecule has 0 fully saturated rings. The number of nitrogens with zero attached hydrogens (tertiary/aromatic N) is 3.